The van der Waals surface area contributed by atoms with Gasteiger partial charge in [0.2, 0.25) is 0 Å². The second-order valence-electron chi connectivity index (χ2n) is 4.58. The number of methoxy groups -OCH3 is 2. The Labute approximate surface area is 123 Å². The number of para-hydroxylation sites is 1. The van der Waals surface area contributed by atoms with Crippen LogP contribution in [-0.4, -0.2) is 14.2 Å². The fourth-order valence-electron chi connectivity index (χ4n) is 2.29. The van der Waals surface area contributed by atoms with Crippen molar-refractivity contribution in [1.82, 2.24) is 0 Å². The SMILES string of the molecule is COc1ccccc1CC(C#N)c1cc(F)ccc1OC. The van der Waals surface area contributed by atoms with Crippen molar-refractivity contribution in [3.05, 3.63) is 59.4 Å². The Morgan fingerprint density at radius 2 is 1.81 bits per heavy atom. The summed E-state index contributed by atoms with van der Waals surface area (Å²) < 4.78 is 24.0. The summed E-state index contributed by atoms with van der Waals surface area (Å²) in [5, 5.41) is 9.45. The Kier molecular flexibility index (Phi) is 4.78. The molecule has 2 aromatic rings. The first kappa shape index (κ1) is 14.9. The van der Waals surface area contributed by atoms with E-state index in [0.717, 1.165) is 5.56 Å². The first-order chi connectivity index (χ1) is 10.2. The number of hydrogen-bond donors (Lipinski definition) is 0. The Hall–Kier alpha value is -2.54. The van der Waals surface area contributed by atoms with E-state index in [4.69, 9.17) is 9.47 Å². The molecule has 0 saturated carbocycles. The highest BCUT2D eigenvalue weighted by Crippen LogP contribution is 2.32. The van der Waals surface area contributed by atoms with Gasteiger partial charge in [-0.1, -0.05) is 18.2 Å². The van der Waals surface area contributed by atoms with Gasteiger partial charge in [0, 0.05) is 5.56 Å². The molecule has 0 radical (unpaired) electrons. The third-order valence-corrected chi connectivity index (χ3v) is 3.34. The molecule has 0 spiro atoms. The molecule has 21 heavy (non-hydrogen) atoms. The van der Waals surface area contributed by atoms with Crippen LogP contribution in [0.4, 0.5) is 4.39 Å². The molecule has 2 rings (SSSR count). The van der Waals surface area contributed by atoms with Crippen LogP contribution in [0.5, 0.6) is 11.5 Å². The van der Waals surface area contributed by atoms with Crippen LogP contribution >= 0.6 is 0 Å². The van der Waals surface area contributed by atoms with Crippen molar-refractivity contribution in [2.75, 3.05) is 14.2 Å². The van der Waals surface area contributed by atoms with Crippen molar-refractivity contribution in [3.63, 3.8) is 0 Å². The van der Waals surface area contributed by atoms with Crippen LogP contribution in [-0.2, 0) is 6.42 Å². The van der Waals surface area contributed by atoms with E-state index < -0.39 is 5.92 Å². The lowest BCUT2D eigenvalue weighted by molar-refractivity contribution is 0.403. The Balaban J connectivity index is 2.37. The zero-order valence-electron chi connectivity index (χ0n) is 12.0. The third-order valence-electron chi connectivity index (χ3n) is 3.34. The minimum atomic E-state index is -0.507. The maximum Gasteiger partial charge on any atom is 0.123 e. The predicted octanol–water partition coefficient (Wildman–Crippen LogP) is 3.69. The summed E-state index contributed by atoms with van der Waals surface area (Å²) >= 11 is 0. The van der Waals surface area contributed by atoms with Gasteiger partial charge >= 0.3 is 0 Å². The van der Waals surface area contributed by atoms with Crippen LogP contribution in [0.1, 0.15) is 17.0 Å². The van der Waals surface area contributed by atoms with E-state index in [2.05, 4.69) is 6.07 Å². The van der Waals surface area contributed by atoms with Gasteiger partial charge in [-0.05, 0) is 36.2 Å². The maximum absolute atomic E-state index is 13.5. The Morgan fingerprint density at radius 3 is 2.48 bits per heavy atom. The Bertz CT molecular complexity index is 664. The van der Waals surface area contributed by atoms with Crippen LogP contribution in [0.2, 0.25) is 0 Å². The molecule has 1 unspecified atom stereocenters. The van der Waals surface area contributed by atoms with E-state index in [1.54, 1.807) is 7.11 Å². The second kappa shape index (κ2) is 6.76. The molecule has 0 fully saturated rings. The molecule has 0 heterocycles. The number of rotatable bonds is 5. The molecule has 0 amide bonds. The molecule has 108 valence electrons. The lowest BCUT2D eigenvalue weighted by Crippen LogP contribution is -2.05. The minimum Gasteiger partial charge on any atom is -0.496 e. The monoisotopic (exact) mass is 285 g/mol. The summed E-state index contributed by atoms with van der Waals surface area (Å²) in [5.41, 5.74) is 1.45. The van der Waals surface area contributed by atoms with Crippen molar-refractivity contribution in [1.29, 1.82) is 5.26 Å². The number of hydrogen-bond acceptors (Lipinski definition) is 3. The zero-order valence-corrected chi connectivity index (χ0v) is 12.0. The normalized spacial score (nSPS) is 11.5. The van der Waals surface area contributed by atoms with Crippen LogP contribution < -0.4 is 9.47 Å². The molecule has 0 aliphatic carbocycles. The fraction of sp³-hybridized carbons (Fsp3) is 0.235. The summed E-state index contributed by atoms with van der Waals surface area (Å²) in [6.07, 6.45) is 0.431. The highest BCUT2D eigenvalue weighted by Gasteiger charge is 2.19. The van der Waals surface area contributed by atoms with Gasteiger partial charge in [0.25, 0.3) is 0 Å². The van der Waals surface area contributed by atoms with Gasteiger partial charge in [0.1, 0.15) is 17.3 Å². The van der Waals surface area contributed by atoms with Gasteiger partial charge < -0.3 is 9.47 Å². The molecule has 0 saturated heterocycles. The van der Waals surface area contributed by atoms with E-state index in [1.807, 2.05) is 24.3 Å². The maximum atomic E-state index is 13.5. The van der Waals surface area contributed by atoms with Crippen molar-refractivity contribution < 1.29 is 13.9 Å². The summed E-state index contributed by atoms with van der Waals surface area (Å²) in [7, 11) is 3.09. The van der Waals surface area contributed by atoms with Crippen molar-refractivity contribution in [2.24, 2.45) is 0 Å². The van der Waals surface area contributed by atoms with Crippen molar-refractivity contribution >= 4 is 0 Å². The quantitative estimate of drug-likeness (QED) is 0.841. The molecule has 0 aliphatic rings. The molecule has 4 heteroatoms. The standard InChI is InChI=1S/C17H16FNO2/c1-20-16-6-4-3-5-12(16)9-13(11-19)15-10-14(18)7-8-17(15)21-2/h3-8,10,13H,9H2,1-2H3. The molecule has 0 bridgehead atoms. The smallest absolute Gasteiger partial charge is 0.123 e. The molecule has 3 nitrogen and oxygen atoms in total. The van der Waals surface area contributed by atoms with E-state index in [9.17, 15) is 9.65 Å². The predicted molar refractivity (Wildman–Crippen MR) is 78.0 cm³/mol. The zero-order chi connectivity index (χ0) is 15.2. The molecule has 0 aliphatic heterocycles. The largest absolute Gasteiger partial charge is 0.496 e. The van der Waals surface area contributed by atoms with Gasteiger partial charge in [-0.2, -0.15) is 5.26 Å². The summed E-state index contributed by atoms with van der Waals surface area (Å²) in [4.78, 5) is 0. The van der Waals surface area contributed by atoms with Gasteiger partial charge in [-0.25, -0.2) is 4.39 Å². The Morgan fingerprint density at radius 1 is 1.10 bits per heavy atom. The lowest BCUT2D eigenvalue weighted by atomic mass is 9.92. The molecule has 1 atom stereocenters. The first-order valence-electron chi connectivity index (χ1n) is 6.54. The fourth-order valence-corrected chi connectivity index (χ4v) is 2.29. The van der Waals surface area contributed by atoms with Crippen LogP contribution in [0.15, 0.2) is 42.5 Å². The number of nitriles is 1. The van der Waals surface area contributed by atoms with Gasteiger partial charge in [0.15, 0.2) is 0 Å². The van der Waals surface area contributed by atoms with Gasteiger partial charge in [-0.3, -0.25) is 0 Å². The van der Waals surface area contributed by atoms with Crippen LogP contribution in [0.3, 0.4) is 0 Å². The van der Waals surface area contributed by atoms with E-state index >= 15 is 0 Å². The summed E-state index contributed by atoms with van der Waals surface area (Å²) in [6.45, 7) is 0. The highest BCUT2D eigenvalue weighted by molar-refractivity contribution is 5.43. The van der Waals surface area contributed by atoms with Crippen molar-refractivity contribution in [3.8, 4) is 17.6 Å². The molecule has 0 N–H and O–H groups in total. The minimum absolute atomic E-state index is 0.383. The highest BCUT2D eigenvalue weighted by atomic mass is 19.1. The molecule has 0 aromatic heterocycles. The average Bonchev–Trinajstić information content (AvgIpc) is 2.53. The third kappa shape index (κ3) is 3.32. The molecular formula is C17H16FNO2. The van der Waals surface area contributed by atoms with Crippen LogP contribution in [0.25, 0.3) is 0 Å². The van der Waals surface area contributed by atoms with Crippen LogP contribution in [0, 0.1) is 17.1 Å². The average molecular weight is 285 g/mol. The lowest BCUT2D eigenvalue weighted by Gasteiger charge is -2.15. The van der Waals surface area contributed by atoms with Gasteiger partial charge in [0.05, 0.1) is 26.2 Å². The summed E-state index contributed by atoms with van der Waals surface area (Å²) in [5.74, 6) is 0.337. The van der Waals surface area contributed by atoms with E-state index in [1.165, 1.54) is 25.3 Å². The topological polar surface area (TPSA) is 42.2 Å². The van der Waals surface area contributed by atoms with Crippen molar-refractivity contribution in [2.45, 2.75) is 12.3 Å². The number of halogens is 1. The number of nitrogens with zero attached hydrogens (tertiary/aromatic N) is 1. The van der Waals surface area contributed by atoms with E-state index in [-0.39, 0.29) is 5.82 Å². The second-order valence-corrected chi connectivity index (χ2v) is 4.58. The van der Waals surface area contributed by atoms with Gasteiger partial charge in [-0.15, -0.1) is 0 Å². The van der Waals surface area contributed by atoms with E-state index in [0.29, 0.717) is 23.5 Å². The summed E-state index contributed by atoms with van der Waals surface area (Å²) in [6, 6.07) is 13.9. The molecular weight excluding hydrogens is 269 g/mol. The number of ether oxygens (including phenoxy) is 2. The number of benzene rings is 2. The first-order valence-corrected chi connectivity index (χ1v) is 6.54. The molecule has 2 aromatic carbocycles.